The lowest BCUT2D eigenvalue weighted by molar-refractivity contribution is -0.127. The molecule has 8 heteroatoms. The van der Waals surface area contributed by atoms with Gasteiger partial charge < -0.3 is 16.0 Å². The van der Waals surface area contributed by atoms with Gasteiger partial charge in [0.1, 0.15) is 0 Å². The van der Waals surface area contributed by atoms with Crippen molar-refractivity contribution in [2.24, 2.45) is 5.73 Å². The van der Waals surface area contributed by atoms with Gasteiger partial charge in [0.25, 0.3) is 0 Å². The Bertz CT molecular complexity index is 1150. The summed E-state index contributed by atoms with van der Waals surface area (Å²) in [6.07, 6.45) is 10.2. The largest absolute Gasteiger partial charge is 0.367 e. The molecule has 5 rings (SSSR count). The first kappa shape index (κ1) is 19.5. The third kappa shape index (κ3) is 3.85. The first-order chi connectivity index (χ1) is 15.1. The number of nitrogens with two attached hydrogens (primary N) is 1. The van der Waals surface area contributed by atoms with Gasteiger partial charge in [-0.2, -0.15) is 0 Å². The molecule has 2 aromatic heterocycles. The van der Waals surface area contributed by atoms with E-state index in [0.29, 0.717) is 17.9 Å². The fraction of sp³-hybridized carbons (Fsp3) is 0.391. The quantitative estimate of drug-likeness (QED) is 0.547. The van der Waals surface area contributed by atoms with Crippen molar-refractivity contribution in [3.63, 3.8) is 0 Å². The maximum absolute atomic E-state index is 11.8. The van der Waals surface area contributed by atoms with Gasteiger partial charge in [-0.25, -0.2) is 9.97 Å². The highest BCUT2D eigenvalue weighted by Crippen LogP contribution is 2.43. The maximum Gasteiger partial charge on any atom is 0.248 e. The number of nitrogens with one attached hydrogen (secondary N) is 1. The number of likely N-dealkylation sites (tertiary alicyclic amines) is 1. The van der Waals surface area contributed by atoms with Gasteiger partial charge in [-0.05, 0) is 49.3 Å². The van der Waals surface area contributed by atoms with Crippen LogP contribution >= 0.6 is 0 Å². The average Bonchev–Trinajstić information content (AvgIpc) is 3.40. The Balaban J connectivity index is 1.35. The third-order valence-corrected chi connectivity index (χ3v) is 6.13. The topological polar surface area (TPSA) is 106 Å². The number of carbonyl (C=O) groups is 2. The van der Waals surface area contributed by atoms with E-state index in [9.17, 15) is 9.59 Å². The molecule has 0 spiro atoms. The molecule has 0 radical (unpaired) electrons. The number of aromatic nitrogens is 3. The SMILES string of the molecule is NC(=O)c1ccc(-c2cnc3c(NCCCN4CCCC4=O)nccn23)cc1C1CC1. The van der Waals surface area contributed by atoms with Crippen LogP contribution in [-0.4, -0.2) is 50.7 Å². The van der Waals surface area contributed by atoms with Gasteiger partial charge >= 0.3 is 0 Å². The van der Waals surface area contributed by atoms with Crippen LogP contribution in [0.2, 0.25) is 0 Å². The Morgan fingerprint density at radius 1 is 1.26 bits per heavy atom. The number of rotatable bonds is 8. The summed E-state index contributed by atoms with van der Waals surface area (Å²) in [7, 11) is 0. The van der Waals surface area contributed by atoms with Crippen molar-refractivity contribution in [2.45, 2.75) is 38.0 Å². The van der Waals surface area contributed by atoms with Crippen molar-refractivity contribution in [2.75, 3.05) is 25.0 Å². The molecule has 8 nitrogen and oxygen atoms in total. The highest BCUT2D eigenvalue weighted by Gasteiger charge is 2.28. The molecule has 2 aliphatic rings. The van der Waals surface area contributed by atoms with Crippen LogP contribution in [0.25, 0.3) is 16.9 Å². The van der Waals surface area contributed by atoms with E-state index in [4.69, 9.17) is 5.73 Å². The van der Waals surface area contributed by atoms with Crippen LogP contribution in [0.1, 0.15) is 53.9 Å². The average molecular weight is 419 g/mol. The summed E-state index contributed by atoms with van der Waals surface area (Å²) in [5, 5.41) is 3.36. The molecule has 2 amide bonds. The predicted octanol–water partition coefficient (Wildman–Crippen LogP) is 2.80. The predicted molar refractivity (Wildman–Crippen MR) is 118 cm³/mol. The molecule has 1 saturated heterocycles. The standard InChI is InChI=1S/C23H26N6O2/c24-21(31)17-7-6-16(13-18(17)15-4-5-15)19-14-27-23-22(26-9-12-29(19)23)25-8-2-11-28-10-1-3-20(28)30/h6-7,9,12-15H,1-5,8,10-11H2,(H2,24,31)(H,25,26). The third-order valence-electron chi connectivity index (χ3n) is 6.13. The normalized spacial score (nSPS) is 16.3. The van der Waals surface area contributed by atoms with Crippen LogP contribution in [0.4, 0.5) is 5.82 Å². The van der Waals surface area contributed by atoms with Gasteiger partial charge in [0, 0.05) is 49.6 Å². The van der Waals surface area contributed by atoms with E-state index in [1.165, 1.54) is 0 Å². The fourth-order valence-corrected chi connectivity index (χ4v) is 4.35. The van der Waals surface area contributed by atoms with Crippen molar-refractivity contribution in [1.82, 2.24) is 19.3 Å². The molecule has 0 bridgehead atoms. The summed E-state index contributed by atoms with van der Waals surface area (Å²) in [4.78, 5) is 34.5. The van der Waals surface area contributed by atoms with Crippen LogP contribution in [-0.2, 0) is 4.79 Å². The first-order valence-electron chi connectivity index (χ1n) is 10.9. The van der Waals surface area contributed by atoms with Crippen molar-refractivity contribution < 1.29 is 9.59 Å². The number of fused-ring (bicyclic) bond motifs is 1. The van der Waals surface area contributed by atoms with Crippen molar-refractivity contribution in [3.8, 4) is 11.3 Å². The summed E-state index contributed by atoms with van der Waals surface area (Å²) in [6.45, 7) is 2.36. The monoisotopic (exact) mass is 418 g/mol. The number of nitrogens with zero attached hydrogens (tertiary/aromatic N) is 4. The van der Waals surface area contributed by atoms with E-state index in [1.807, 2.05) is 33.8 Å². The Kier molecular flexibility index (Phi) is 5.05. The molecule has 1 saturated carbocycles. The lowest BCUT2D eigenvalue weighted by Gasteiger charge is -2.15. The Morgan fingerprint density at radius 3 is 2.87 bits per heavy atom. The number of hydrogen-bond donors (Lipinski definition) is 2. The zero-order valence-corrected chi connectivity index (χ0v) is 17.4. The molecule has 0 atom stereocenters. The number of benzene rings is 1. The van der Waals surface area contributed by atoms with Gasteiger partial charge in [-0.15, -0.1) is 0 Å². The first-order valence-corrected chi connectivity index (χ1v) is 10.9. The molecular formula is C23H26N6O2. The van der Waals surface area contributed by atoms with Crippen LogP contribution < -0.4 is 11.1 Å². The Morgan fingerprint density at radius 2 is 2.13 bits per heavy atom. The van der Waals surface area contributed by atoms with Crippen LogP contribution in [0.3, 0.4) is 0 Å². The van der Waals surface area contributed by atoms with Gasteiger partial charge in [0.2, 0.25) is 11.8 Å². The van der Waals surface area contributed by atoms with Crippen LogP contribution in [0, 0.1) is 0 Å². The number of primary amides is 1. The molecular weight excluding hydrogens is 392 g/mol. The molecule has 160 valence electrons. The molecule has 0 unspecified atom stereocenters. The second-order valence-electron chi connectivity index (χ2n) is 8.32. The molecule has 1 aliphatic carbocycles. The zero-order valence-electron chi connectivity index (χ0n) is 17.4. The van der Waals surface area contributed by atoms with E-state index in [2.05, 4.69) is 21.4 Å². The minimum absolute atomic E-state index is 0.256. The minimum atomic E-state index is -0.377. The molecule has 2 fully saturated rings. The molecule has 3 N–H and O–H groups in total. The lowest BCUT2D eigenvalue weighted by Crippen LogP contribution is -2.27. The molecule has 1 aromatic carbocycles. The highest BCUT2D eigenvalue weighted by atomic mass is 16.2. The lowest BCUT2D eigenvalue weighted by atomic mass is 9.98. The van der Waals surface area contributed by atoms with E-state index in [0.717, 1.165) is 73.6 Å². The van der Waals surface area contributed by atoms with E-state index in [1.54, 1.807) is 6.20 Å². The molecule has 3 heterocycles. The maximum atomic E-state index is 11.8. The molecule has 3 aromatic rings. The van der Waals surface area contributed by atoms with Gasteiger partial charge in [0.05, 0.1) is 11.9 Å². The minimum Gasteiger partial charge on any atom is -0.367 e. The van der Waals surface area contributed by atoms with Crippen molar-refractivity contribution >= 4 is 23.3 Å². The number of amides is 2. The fourth-order valence-electron chi connectivity index (χ4n) is 4.35. The highest BCUT2D eigenvalue weighted by molar-refractivity contribution is 5.95. The van der Waals surface area contributed by atoms with Gasteiger partial charge in [-0.1, -0.05) is 6.07 Å². The Labute approximate surface area is 180 Å². The smallest absolute Gasteiger partial charge is 0.248 e. The number of hydrogen-bond acceptors (Lipinski definition) is 5. The summed E-state index contributed by atoms with van der Waals surface area (Å²) in [5.74, 6) is 1.02. The summed E-state index contributed by atoms with van der Waals surface area (Å²) < 4.78 is 2.01. The number of imidazole rings is 1. The van der Waals surface area contributed by atoms with E-state index < -0.39 is 0 Å². The van der Waals surface area contributed by atoms with Gasteiger partial charge in [0.15, 0.2) is 11.5 Å². The van der Waals surface area contributed by atoms with E-state index in [-0.39, 0.29) is 11.8 Å². The second-order valence-corrected chi connectivity index (χ2v) is 8.32. The Hall–Kier alpha value is -3.42. The summed E-state index contributed by atoms with van der Waals surface area (Å²) in [5.41, 5.74) is 9.91. The van der Waals surface area contributed by atoms with Crippen LogP contribution in [0.15, 0.2) is 36.8 Å². The van der Waals surface area contributed by atoms with Crippen molar-refractivity contribution in [1.29, 1.82) is 0 Å². The summed E-state index contributed by atoms with van der Waals surface area (Å²) >= 11 is 0. The number of anilines is 1. The second kappa shape index (κ2) is 8.02. The van der Waals surface area contributed by atoms with E-state index >= 15 is 0 Å². The van der Waals surface area contributed by atoms with Crippen molar-refractivity contribution in [3.05, 3.63) is 47.9 Å². The van der Waals surface area contributed by atoms with Crippen LogP contribution in [0.5, 0.6) is 0 Å². The zero-order chi connectivity index (χ0) is 21.4. The summed E-state index contributed by atoms with van der Waals surface area (Å²) in [6, 6.07) is 5.82. The molecule has 1 aliphatic heterocycles. The molecule has 31 heavy (non-hydrogen) atoms. The van der Waals surface area contributed by atoms with Gasteiger partial charge in [-0.3, -0.25) is 14.0 Å². The number of carbonyl (C=O) groups excluding carboxylic acids is 2.